The maximum absolute atomic E-state index is 5.62. The predicted molar refractivity (Wildman–Crippen MR) is 66.1 cm³/mol. The second-order valence-electron chi connectivity index (χ2n) is 2.03. The van der Waals surface area contributed by atoms with Crippen LogP contribution in [0.25, 0.3) is 0 Å². The number of nitrogens with zero attached hydrogens (tertiary/aromatic N) is 1. The zero-order valence-corrected chi connectivity index (χ0v) is 10.5. The number of rotatable bonds is 2. The first-order valence-corrected chi connectivity index (χ1v) is 5.14. The molecule has 0 aromatic rings. The van der Waals surface area contributed by atoms with Gasteiger partial charge in [-0.1, -0.05) is 37.6 Å². The third-order valence-corrected chi connectivity index (χ3v) is 1.81. The fourth-order valence-electron chi connectivity index (χ4n) is 0.674. The van der Waals surface area contributed by atoms with Crippen molar-refractivity contribution < 1.29 is 0 Å². The molecule has 0 aliphatic heterocycles. The summed E-state index contributed by atoms with van der Waals surface area (Å²) in [5.41, 5.74) is 1.01. The third kappa shape index (κ3) is 6.79. The average molecular weight is 220 g/mol. The zero-order valence-electron chi connectivity index (χ0n) is 8.97. The Morgan fingerprint density at radius 2 is 1.77 bits per heavy atom. The van der Waals surface area contributed by atoms with Crippen molar-refractivity contribution in [1.29, 1.82) is 0 Å². The molecule has 0 atom stereocenters. The Labute approximate surface area is 92.1 Å². The van der Waals surface area contributed by atoms with Crippen molar-refractivity contribution in [2.24, 2.45) is 0 Å². The molecular weight excluding hydrogens is 202 g/mol. The minimum absolute atomic E-state index is 0.358. The second kappa shape index (κ2) is 9.75. The summed E-state index contributed by atoms with van der Waals surface area (Å²) in [5.74, 6) is 0. The van der Waals surface area contributed by atoms with Gasteiger partial charge in [-0.25, -0.2) is 0 Å². The highest BCUT2D eigenvalue weighted by molar-refractivity contribution is 7.83. The van der Waals surface area contributed by atoms with E-state index in [-0.39, 0.29) is 0 Å². The first-order chi connectivity index (χ1) is 6.13. The maximum Gasteiger partial charge on any atom is 0.174 e. The molecule has 0 aromatic heterocycles. The van der Waals surface area contributed by atoms with Gasteiger partial charge in [0.1, 0.15) is 0 Å². The van der Waals surface area contributed by atoms with E-state index >= 15 is 0 Å². The second-order valence-corrected chi connectivity index (χ2v) is 2.99. The van der Waals surface area contributed by atoms with Crippen molar-refractivity contribution >= 4 is 28.3 Å². The molecule has 0 aliphatic rings. The van der Waals surface area contributed by atoms with E-state index in [4.69, 9.17) is 23.8 Å². The molecule has 0 heterocycles. The highest BCUT2D eigenvalue weighted by Crippen LogP contribution is 2.06. The van der Waals surface area contributed by atoms with Gasteiger partial charge in [0, 0.05) is 12.7 Å². The Balaban J connectivity index is 0. The molecule has 0 aliphatic carbocycles. The van der Waals surface area contributed by atoms with E-state index in [0.717, 1.165) is 5.70 Å². The molecule has 0 unspecified atom stereocenters. The summed E-state index contributed by atoms with van der Waals surface area (Å²) in [5, 5.41) is 0. The number of hydrogen-bond donors (Lipinski definition) is 0. The van der Waals surface area contributed by atoms with Gasteiger partial charge in [0.05, 0.1) is 0 Å². The van der Waals surface area contributed by atoms with Gasteiger partial charge in [0.15, 0.2) is 4.45 Å². The van der Waals surface area contributed by atoms with E-state index in [1.54, 1.807) is 4.90 Å². The molecule has 0 radical (unpaired) electrons. The van der Waals surface area contributed by atoms with Gasteiger partial charge in [-0.05, 0) is 32.1 Å². The number of halogens is 1. The molecule has 0 amide bonds. The van der Waals surface area contributed by atoms with Crippen LogP contribution in [0, 0.1) is 0 Å². The average Bonchev–Trinajstić information content (AvgIpc) is 2.16. The molecule has 0 N–H and O–H groups in total. The van der Waals surface area contributed by atoms with Gasteiger partial charge >= 0.3 is 0 Å². The van der Waals surface area contributed by atoms with Gasteiger partial charge < -0.3 is 4.90 Å². The van der Waals surface area contributed by atoms with Crippen LogP contribution in [0.15, 0.2) is 23.9 Å². The monoisotopic (exact) mass is 219 g/mol. The van der Waals surface area contributed by atoms with Crippen LogP contribution in [0.3, 0.4) is 0 Å². The van der Waals surface area contributed by atoms with Crippen LogP contribution in [-0.2, 0) is 0 Å². The minimum Gasteiger partial charge on any atom is -0.327 e. The quantitative estimate of drug-likeness (QED) is 0.300. The lowest BCUT2D eigenvalue weighted by Crippen LogP contribution is -2.18. The molecule has 0 bridgehead atoms. The lowest BCUT2D eigenvalue weighted by molar-refractivity contribution is 0.669. The summed E-state index contributed by atoms with van der Waals surface area (Å²) in [6.45, 7) is 7.90. The van der Waals surface area contributed by atoms with Crippen LogP contribution >= 0.6 is 23.8 Å². The predicted octanol–water partition coefficient (Wildman–Crippen LogP) is 3.95. The summed E-state index contributed by atoms with van der Waals surface area (Å²) in [6, 6.07) is 0. The Hall–Kier alpha value is -0.340. The Bertz CT molecular complexity index is 197. The first-order valence-electron chi connectivity index (χ1n) is 4.35. The molecule has 3 heteroatoms. The fourth-order valence-corrected chi connectivity index (χ4v) is 0.877. The van der Waals surface area contributed by atoms with Gasteiger partial charge in [0.2, 0.25) is 0 Å². The summed E-state index contributed by atoms with van der Waals surface area (Å²) in [6.07, 6.45) is 5.85. The minimum atomic E-state index is 0.358. The van der Waals surface area contributed by atoms with Gasteiger partial charge in [-0.2, -0.15) is 0 Å². The number of thiocarbonyl (C=S) groups is 1. The van der Waals surface area contributed by atoms with Crippen LogP contribution in [0.5, 0.6) is 0 Å². The van der Waals surface area contributed by atoms with Crippen molar-refractivity contribution in [3.63, 3.8) is 0 Å². The van der Waals surface area contributed by atoms with E-state index in [1.165, 1.54) is 0 Å². The highest BCUT2D eigenvalue weighted by atomic mass is 35.5. The Morgan fingerprint density at radius 1 is 1.31 bits per heavy atom. The van der Waals surface area contributed by atoms with Crippen molar-refractivity contribution in [3.05, 3.63) is 23.9 Å². The topological polar surface area (TPSA) is 3.24 Å². The van der Waals surface area contributed by atoms with Crippen LogP contribution in [0.1, 0.15) is 27.7 Å². The van der Waals surface area contributed by atoms with Gasteiger partial charge in [0.25, 0.3) is 0 Å². The van der Waals surface area contributed by atoms with Gasteiger partial charge in [-0.3, -0.25) is 0 Å². The standard InChI is InChI=1S/C8H12ClNS.C2H6/c1-4-6-7(5-2)10(3)8(9)11;1-2/h4-6H,1-3H3;1-2H3/b6-4-,7-5+;. The third-order valence-electron chi connectivity index (χ3n) is 1.28. The zero-order chi connectivity index (χ0) is 10.9. The SMILES string of the molecule is C/C=C\C(=C/C)N(C)C(=S)Cl.CC. The van der Waals surface area contributed by atoms with Crippen molar-refractivity contribution in [2.75, 3.05) is 7.05 Å². The highest BCUT2D eigenvalue weighted by Gasteiger charge is 2.01. The summed E-state index contributed by atoms with van der Waals surface area (Å²) < 4.78 is 0.358. The fraction of sp³-hybridized carbons (Fsp3) is 0.500. The molecule has 0 saturated carbocycles. The summed E-state index contributed by atoms with van der Waals surface area (Å²) in [4.78, 5) is 1.75. The Morgan fingerprint density at radius 3 is 2.00 bits per heavy atom. The number of hydrogen-bond acceptors (Lipinski definition) is 1. The summed E-state index contributed by atoms with van der Waals surface area (Å²) >= 11 is 10.4. The lowest BCUT2D eigenvalue weighted by atomic mass is 10.3. The molecular formula is C10H18ClNS. The van der Waals surface area contributed by atoms with Gasteiger partial charge in [-0.15, -0.1) is 0 Å². The van der Waals surface area contributed by atoms with Crippen molar-refractivity contribution in [1.82, 2.24) is 4.90 Å². The molecule has 0 rings (SSSR count). The van der Waals surface area contributed by atoms with E-state index < -0.39 is 0 Å². The van der Waals surface area contributed by atoms with Crippen molar-refractivity contribution in [3.8, 4) is 0 Å². The number of likely N-dealkylation sites (N-methyl/N-ethyl adjacent to an activating group) is 1. The summed E-state index contributed by atoms with van der Waals surface area (Å²) in [7, 11) is 1.84. The van der Waals surface area contributed by atoms with E-state index in [0.29, 0.717) is 4.45 Å². The maximum atomic E-state index is 5.62. The van der Waals surface area contributed by atoms with Crippen molar-refractivity contribution in [2.45, 2.75) is 27.7 Å². The molecule has 0 aromatic carbocycles. The smallest absolute Gasteiger partial charge is 0.174 e. The number of allylic oxidation sites excluding steroid dienone is 3. The van der Waals surface area contributed by atoms with Crippen LogP contribution in [-0.4, -0.2) is 16.4 Å². The van der Waals surface area contributed by atoms with Crippen LogP contribution in [0.4, 0.5) is 0 Å². The molecule has 0 fully saturated rings. The van der Waals surface area contributed by atoms with E-state index in [1.807, 2.05) is 53.0 Å². The van der Waals surface area contributed by atoms with Crippen LogP contribution < -0.4 is 0 Å². The Kier molecular flexibility index (Phi) is 11.4. The molecule has 76 valence electrons. The first kappa shape index (κ1) is 15.1. The molecule has 1 nitrogen and oxygen atoms in total. The largest absolute Gasteiger partial charge is 0.327 e. The van der Waals surface area contributed by atoms with E-state index in [9.17, 15) is 0 Å². The lowest BCUT2D eigenvalue weighted by Gasteiger charge is -2.16. The molecule has 0 saturated heterocycles. The normalized spacial score (nSPS) is 10.8. The van der Waals surface area contributed by atoms with Crippen LogP contribution in [0.2, 0.25) is 0 Å². The van der Waals surface area contributed by atoms with E-state index in [2.05, 4.69) is 0 Å². The molecule has 13 heavy (non-hydrogen) atoms. The molecule has 0 spiro atoms.